The van der Waals surface area contributed by atoms with Gasteiger partial charge in [-0.1, -0.05) is 78.9 Å². The first kappa shape index (κ1) is 26.6. The highest BCUT2D eigenvalue weighted by Crippen LogP contribution is 2.46. The predicted octanol–water partition coefficient (Wildman–Crippen LogP) is 11.2. The maximum absolute atomic E-state index is 4.86. The molecule has 6 aromatic carbocycles. The number of hydrogen-bond donors (Lipinski definition) is 0. The van der Waals surface area contributed by atoms with E-state index in [1.807, 2.05) is 12.4 Å². The Morgan fingerprint density at radius 1 is 0.477 bits per heavy atom. The molecular formula is C39H27IN4. The molecule has 0 spiro atoms. The summed E-state index contributed by atoms with van der Waals surface area (Å²) >= 11 is 2.31. The lowest BCUT2D eigenvalue weighted by molar-refractivity contribution is 1.17. The molecule has 44 heavy (non-hydrogen) atoms. The van der Waals surface area contributed by atoms with Gasteiger partial charge in [0.1, 0.15) is 11.6 Å². The number of nitrogens with zero attached hydrogens (tertiary/aromatic N) is 4. The van der Waals surface area contributed by atoms with Crippen LogP contribution in [0.25, 0.3) is 32.3 Å². The smallest absolute Gasteiger partial charge is 0.137 e. The average Bonchev–Trinajstić information content (AvgIpc) is 3.07. The van der Waals surface area contributed by atoms with Crippen molar-refractivity contribution in [3.8, 4) is 0 Å². The summed E-state index contributed by atoms with van der Waals surface area (Å²) in [6.45, 7) is 2.07. The maximum atomic E-state index is 4.86. The molecule has 2 heterocycles. The van der Waals surface area contributed by atoms with Gasteiger partial charge in [0.25, 0.3) is 0 Å². The van der Waals surface area contributed by atoms with Crippen molar-refractivity contribution in [3.63, 3.8) is 0 Å². The Morgan fingerprint density at radius 3 is 1.41 bits per heavy atom. The molecule has 0 amide bonds. The van der Waals surface area contributed by atoms with E-state index >= 15 is 0 Å². The molecule has 0 aliphatic heterocycles. The minimum atomic E-state index is 0.882. The molecule has 0 atom stereocenters. The molecule has 0 aliphatic carbocycles. The van der Waals surface area contributed by atoms with Crippen molar-refractivity contribution in [1.82, 2.24) is 9.97 Å². The van der Waals surface area contributed by atoms with E-state index < -0.39 is 0 Å². The molecule has 8 aromatic rings. The molecule has 0 N–H and O–H groups in total. The molecule has 0 fully saturated rings. The molecule has 0 saturated heterocycles. The summed E-state index contributed by atoms with van der Waals surface area (Å²) in [5.74, 6) is 1.77. The summed E-state index contributed by atoms with van der Waals surface area (Å²) in [5.41, 5.74) is 5.46. The van der Waals surface area contributed by atoms with E-state index in [9.17, 15) is 0 Å². The molecule has 0 unspecified atom stereocenters. The summed E-state index contributed by atoms with van der Waals surface area (Å²) in [6.07, 6.45) is 3.86. The van der Waals surface area contributed by atoms with Gasteiger partial charge in [-0.3, -0.25) is 9.80 Å². The molecule has 0 aliphatic rings. The molecule has 0 radical (unpaired) electrons. The van der Waals surface area contributed by atoms with Gasteiger partial charge in [0.2, 0.25) is 0 Å². The minimum absolute atomic E-state index is 0.882. The first-order valence-corrected chi connectivity index (χ1v) is 15.7. The third-order valence-corrected chi connectivity index (χ3v) is 8.83. The number of anilines is 6. The van der Waals surface area contributed by atoms with Crippen molar-refractivity contribution in [1.29, 1.82) is 0 Å². The normalized spacial score (nSPS) is 11.4. The standard InChI is InChI=1S/C39H27IN4/c1-26-12-22-36(41-24-26)43(30-8-4-2-5-9-30)34-20-15-27-14-19-33-35(21-16-28-13-18-32(34)38(27)39(28)33)44(31-10-6-3-7-11-31)37-23-17-29(40)25-42-37/h2-25H,1H3. The lowest BCUT2D eigenvalue weighted by atomic mass is 9.92. The highest BCUT2D eigenvalue weighted by molar-refractivity contribution is 14.1. The number of aryl methyl sites for hydroxylation is 1. The molecule has 0 saturated carbocycles. The monoisotopic (exact) mass is 678 g/mol. The zero-order chi connectivity index (χ0) is 29.6. The zero-order valence-corrected chi connectivity index (χ0v) is 26.2. The second-order valence-electron chi connectivity index (χ2n) is 11.0. The van der Waals surface area contributed by atoms with Gasteiger partial charge in [0.15, 0.2) is 0 Å². The van der Waals surface area contributed by atoms with Crippen LogP contribution < -0.4 is 9.80 Å². The number of pyridine rings is 2. The van der Waals surface area contributed by atoms with Gasteiger partial charge in [0, 0.05) is 38.1 Å². The number of para-hydroxylation sites is 2. The summed E-state index contributed by atoms with van der Waals surface area (Å²) in [4.78, 5) is 14.2. The number of rotatable bonds is 6. The van der Waals surface area contributed by atoms with Crippen molar-refractivity contribution in [2.75, 3.05) is 9.80 Å². The largest absolute Gasteiger partial charge is 0.294 e. The van der Waals surface area contributed by atoms with Crippen LogP contribution in [0.3, 0.4) is 0 Å². The van der Waals surface area contributed by atoms with Gasteiger partial charge < -0.3 is 0 Å². The third kappa shape index (κ3) is 4.52. The van der Waals surface area contributed by atoms with Crippen LogP contribution >= 0.6 is 22.6 Å². The van der Waals surface area contributed by atoms with Crippen molar-refractivity contribution in [2.24, 2.45) is 0 Å². The topological polar surface area (TPSA) is 32.3 Å². The fourth-order valence-corrected chi connectivity index (χ4v) is 6.52. The average molecular weight is 679 g/mol. The number of halogens is 1. The highest BCUT2D eigenvalue weighted by atomic mass is 127. The van der Waals surface area contributed by atoms with Crippen molar-refractivity contribution in [2.45, 2.75) is 6.92 Å². The molecule has 2 aromatic heterocycles. The van der Waals surface area contributed by atoms with Crippen LogP contribution in [0.5, 0.6) is 0 Å². The highest BCUT2D eigenvalue weighted by Gasteiger charge is 2.22. The zero-order valence-electron chi connectivity index (χ0n) is 24.0. The lowest BCUT2D eigenvalue weighted by Crippen LogP contribution is -2.13. The third-order valence-electron chi connectivity index (χ3n) is 8.19. The fraction of sp³-hybridized carbons (Fsp3) is 0.0256. The Kier molecular flexibility index (Phi) is 6.60. The molecule has 210 valence electrons. The van der Waals surface area contributed by atoms with E-state index in [1.54, 1.807) is 0 Å². The van der Waals surface area contributed by atoms with Crippen molar-refractivity contribution >= 4 is 89.3 Å². The van der Waals surface area contributed by atoms with Crippen LogP contribution in [0.4, 0.5) is 34.4 Å². The Labute approximate surface area is 269 Å². The molecule has 4 nitrogen and oxygen atoms in total. The Hall–Kier alpha value is -5.01. The van der Waals surface area contributed by atoms with E-state index in [1.165, 1.54) is 32.3 Å². The lowest BCUT2D eigenvalue weighted by Gasteiger charge is -2.28. The number of aromatic nitrogens is 2. The first-order valence-electron chi connectivity index (χ1n) is 14.6. The van der Waals surface area contributed by atoms with E-state index in [2.05, 4.69) is 173 Å². The second kappa shape index (κ2) is 10.9. The van der Waals surface area contributed by atoms with Gasteiger partial charge in [-0.2, -0.15) is 0 Å². The fourth-order valence-electron chi connectivity index (χ4n) is 6.20. The Balaban J connectivity index is 1.41. The number of hydrogen-bond acceptors (Lipinski definition) is 4. The van der Waals surface area contributed by atoms with Gasteiger partial charge >= 0.3 is 0 Å². The van der Waals surface area contributed by atoms with Gasteiger partial charge in [0.05, 0.1) is 11.4 Å². The Bertz CT molecular complexity index is 2070. The summed E-state index contributed by atoms with van der Waals surface area (Å²) in [6, 6.07) is 47.4. The van der Waals surface area contributed by atoms with Crippen molar-refractivity contribution in [3.05, 3.63) is 155 Å². The molecule has 5 heteroatoms. The summed E-state index contributed by atoms with van der Waals surface area (Å²) in [7, 11) is 0. The quantitative estimate of drug-likeness (QED) is 0.129. The summed E-state index contributed by atoms with van der Waals surface area (Å²) < 4.78 is 1.10. The van der Waals surface area contributed by atoms with Crippen LogP contribution in [0.2, 0.25) is 0 Å². The molecular weight excluding hydrogens is 651 g/mol. The van der Waals surface area contributed by atoms with E-state index in [0.29, 0.717) is 0 Å². The summed E-state index contributed by atoms with van der Waals surface area (Å²) in [5, 5.41) is 7.28. The van der Waals surface area contributed by atoms with Gasteiger partial charge in [-0.05, 0) is 111 Å². The van der Waals surface area contributed by atoms with Gasteiger partial charge in [-0.15, -0.1) is 0 Å². The second-order valence-corrected chi connectivity index (χ2v) is 12.2. The van der Waals surface area contributed by atoms with Gasteiger partial charge in [-0.25, -0.2) is 9.97 Å². The van der Waals surface area contributed by atoms with Crippen LogP contribution in [0.1, 0.15) is 5.56 Å². The van der Waals surface area contributed by atoms with Crippen LogP contribution in [-0.4, -0.2) is 9.97 Å². The van der Waals surface area contributed by atoms with Crippen LogP contribution in [0, 0.1) is 10.5 Å². The number of benzene rings is 6. The van der Waals surface area contributed by atoms with Crippen molar-refractivity contribution < 1.29 is 0 Å². The first-order chi connectivity index (χ1) is 21.7. The Morgan fingerprint density at radius 2 is 0.955 bits per heavy atom. The molecule has 0 bridgehead atoms. The maximum Gasteiger partial charge on any atom is 0.137 e. The van der Waals surface area contributed by atoms with Crippen LogP contribution in [-0.2, 0) is 0 Å². The van der Waals surface area contributed by atoms with E-state index in [0.717, 1.165) is 43.5 Å². The van der Waals surface area contributed by atoms with E-state index in [4.69, 9.17) is 9.97 Å². The van der Waals surface area contributed by atoms with E-state index in [-0.39, 0.29) is 0 Å². The SMILES string of the molecule is Cc1ccc(N(c2ccccc2)c2ccc3ccc4c(N(c5ccccc5)c5ccc(I)cn5)ccc5ccc2c3c54)nc1. The van der Waals surface area contributed by atoms with Crippen LogP contribution in [0.15, 0.2) is 146 Å². The molecule has 8 rings (SSSR count). The predicted molar refractivity (Wildman–Crippen MR) is 193 cm³/mol. The minimum Gasteiger partial charge on any atom is -0.294 e.